The number of hydrogen-bond donors (Lipinski definition) is 0. The van der Waals surface area contributed by atoms with E-state index in [0.29, 0.717) is 0 Å². The van der Waals surface area contributed by atoms with Crippen LogP contribution in [0.2, 0.25) is 0 Å². The van der Waals surface area contributed by atoms with Crippen LogP contribution in [0.5, 0.6) is 0 Å². The molecule has 0 aliphatic carbocycles. The summed E-state index contributed by atoms with van der Waals surface area (Å²) in [5.41, 5.74) is 0. The van der Waals surface area contributed by atoms with Crippen LogP contribution in [-0.4, -0.2) is 5.87 Å². The molecule has 0 unspecified atom stereocenters. The van der Waals surface area contributed by atoms with Gasteiger partial charge in [-0.15, -0.1) is 0 Å². The molecule has 0 aromatic carbocycles. The third kappa shape index (κ3) is 5.45. The Morgan fingerprint density at radius 3 is 2.86 bits per heavy atom. The molecular weight excluding hydrogens is 86.1 g/mol. The van der Waals surface area contributed by atoms with Crippen LogP contribution in [0.4, 0.5) is 0 Å². The van der Waals surface area contributed by atoms with Gasteiger partial charge in [-0.2, -0.15) is 0 Å². The second-order valence-corrected chi connectivity index (χ2v) is 1.48. The fraction of sp³-hybridized carbons (Fsp3) is 0.667. The van der Waals surface area contributed by atoms with E-state index < -0.39 is 0 Å². The Morgan fingerprint density at radius 1 is 1.71 bits per heavy atom. The quantitative estimate of drug-likeness (QED) is 0.372. The molecule has 0 atom stereocenters. The SMILES string of the molecule is CCCCC=C=[N]. The van der Waals surface area contributed by atoms with Gasteiger partial charge in [-0.25, -0.2) is 0 Å². The Hall–Kier alpha value is -0.550. The van der Waals surface area contributed by atoms with Crippen LogP contribution in [0.25, 0.3) is 0 Å². The molecule has 0 heterocycles. The maximum Gasteiger partial charge on any atom is 0.00703 e. The van der Waals surface area contributed by atoms with Crippen LogP contribution in [0, 0.1) is 0 Å². The summed E-state index contributed by atoms with van der Waals surface area (Å²) in [4.78, 5) is 0. The minimum Gasteiger partial charge on any atom is -0.0973 e. The molecule has 0 fully saturated rings. The summed E-state index contributed by atoms with van der Waals surface area (Å²) in [6, 6.07) is 0. The lowest BCUT2D eigenvalue weighted by molar-refractivity contribution is 0.818. The van der Waals surface area contributed by atoms with E-state index in [4.69, 9.17) is 5.41 Å². The molecule has 0 rings (SSSR count). The fourth-order valence-electron chi connectivity index (χ4n) is 0.371. The van der Waals surface area contributed by atoms with E-state index in [1.54, 1.807) is 6.08 Å². The Labute approximate surface area is 44.6 Å². The summed E-state index contributed by atoms with van der Waals surface area (Å²) >= 11 is 0. The Balaban J connectivity index is 2.83. The third-order valence-corrected chi connectivity index (χ3v) is 0.793. The molecule has 0 bridgehead atoms. The van der Waals surface area contributed by atoms with Crippen LogP contribution in [-0.2, 0) is 0 Å². The fourth-order valence-corrected chi connectivity index (χ4v) is 0.371. The van der Waals surface area contributed by atoms with Crippen molar-refractivity contribution in [3.8, 4) is 0 Å². The Bertz CT molecular complexity index is 70.2. The molecule has 0 aliphatic rings. The monoisotopic (exact) mass is 96.1 g/mol. The summed E-state index contributed by atoms with van der Waals surface area (Å²) in [6.45, 7) is 2.12. The molecule has 0 amide bonds. The van der Waals surface area contributed by atoms with Crippen molar-refractivity contribution in [3.05, 3.63) is 6.08 Å². The molecule has 1 nitrogen and oxygen atoms in total. The van der Waals surface area contributed by atoms with Gasteiger partial charge >= 0.3 is 0 Å². The Kier molecular flexibility index (Phi) is 5.02. The molecule has 0 aromatic rings. The van der Waals surface area contributed by atoms with Gasteiger partial charge < -0.3 is 0 Å². The number of nitrogens with zero attached hydrogens (tertiary/aromatic N) is 1. The van der Waals surface area contributed by atoms with E-state index in [9.17, 15) is 0 Å². The van der Waals surface area contributed by atoms with E-state index in [1.165, 1.54) is 6.42 Å². The third-order valence-electron chi connectivity index (χ3n) is 0.793. The van der Waals surface area contributed by atoms with Crippen molar-refractivity contribution in [1.29, 1.82) is 0 Å². The van der Waals surface area contributed by atoms with Gasteiger partial charge in [0.2, 0.25) is 0 Å². The molecule has 0 saturated heterocycles. The van der Waals surface area contributed by atoms with Crippen molar-refractivity contribution in [2.24, 2.45) is 0 Å². The van der Waals surface area contributed by atoms with Crippen LogP contribution in [0.1, 0.15) is 26.2 Å². The van der Waals surface area contributed by atoms with Crippen molar-refractivity contribution < 1.29 is 0 Å². The van der Waals surface area contributed by atoms with Gasteiger partial charge in [0.25, 0.3) is 0 Å². The number of unbranched alkanes of at least 4 members (excludes halogenated alkanes) is 2. The summed E-state index contributed by atoms with van der Waals surface area (Å²) in [5, 5.41) is 7.99. The summed E-state index contributed by atoms with van der Waals surface area (Å²) in [7, 11) is 0. The van der Waals surface area contributed by atoms with Crippen LogP contribution in [0.15, 0.2) is 6.08 Å². The molecule has 0 spiro atoms. The van der Waals surface area contributed by atoms with Crippen LogP contribution in [0.3, 0.4) is 0 Å². The zero-order valence-corrected chi connectivity index (χ0v) is 4.65. The van der Waals surface area contributed by atoms with Crippen molar-refractivity contribution in [1.82, 2.24) is 5.41 Å². The number of hydrogen-bond acceptors (Lipinski definition) is 0. The van der Waals surface area contributed by atoms with Crippen molar-refractivity contribution in [2.75, 3.05) is 0 Å². The number of rotatable bonds is 3. The molecule has 0 aromatic heterocycles. The van der Waals surface area contributed by atoms with Crippen LogP contribution < -0.4 is 5.41 Å². The zero-order chi connectivity index (χ0) is 5.54. The van der Waals surface area contributed by atoms with E-state index >= 15 is 0 Å². The highest BCUT2D eigenvalue weighted by Crippen LogP contribution is 1.91. The first-order valence-electron chi connectivity index (χ1n) is 2.63. The molecule has 0 saturated carbocycles. The smallest absolute Gasteiger partial charge is 0.00703 e. The van der Waals surface area contributed by atoms with Gasteiger partial charge in [-0.3, -0.25) is 0 Å². The minimum atomic E-state index is 0.951. The predicted octanol–water partition coefficient (Wildman–Crippen LogP) is 1.20. The molecular formula is C6H10N. The Morgan fingerprint density at radius 2 is 2.43 bits per heavy atom. The van der Waals surface area contributed by atoms with Crippen LogP contribution >= 0.6 is 0 Å². The second-order valence-electron chi connectivity index (χ2n) is 1.48. The lowest BCUT2D eigenvalue weighted by atomic mass is 10.2. The van der Waals surface area contributed by atoms with Gasteiger partial charge in [0.15, 0.2) is 0 Å². The van der Waals surface area contributed by atoms with Crippen molar-refractivity contribution >= 4 is 5.87 Å². The highest BCUT2D eigenvalue weighted by atomic mass is 14.3. The molecule has 0 N–H and O–H groups in total. The maximum atomic E-state index is 7.99. The van der Waals surface area contributed by atoms with E-state index in [0.717, 1.165) is 12.8 Å². The maximum absolute atomic E-state index is 7.99. The highest BCUT2D eigenvalue weighted by molar-refractivity contribution is 5.48. The van der Waals surface area contributed by atoms with Crippen molar-refractivity contribution in [2.45, 2.75) is 26.2 Å². The molecule has 7 heavy (non-hydrogen) atoms. The van der Waals surface area contributed by atoms with Crippen molar-refractivity contribution in [3.63, 3.8) is 0 Å². The van der Waals surface area contributed by atoms with Gasteiger partial charge in [0.1, 0.15) is 0 Å². The standard InChI is InChI=1S/C6H10N/c1-2-3-4-5-6-7/h5H,2-4H2,1H3. The zero-order valence-electron chi connectivity index (χ0n) is 4.65. The first-order valence-corrected chi connectivity index (χ1v) is 2.63. The minimum absolute atomic E-state index is 0.951. The first kappa shape index (κ1) is 6.45. The predicted molar refractivity (Wildman–Crippen MR) is 31.2 cm³/mol. The first-order chi connectivity index (χ1) is 3.41. The van der Waals surface area contributed by atoms with Gasteiger partial charge in [0, 0.05) is 5.87 Å². The highest BCUT2D eigenvalue weighted by Gasteiger charge is 1.73. The van der Waals surface area contributed by atoms with Gasteiger partial charge in [0.05, 0.1) is 0 Å². The lowest BCUT2D eigenvalue weighted by Gasteiger charge is -1.81. The summed E-state index contributed by atoms with van der Waals surface area (Å²) < 4.78 is 0. The molecule has 1 heteroatoms. The topological polar surface area (TPSA) is 22.3 Å². The normalized spacial score (nSPS) is 7.57. The molecule has 39 valence electrons. The average molecular weight is 96.2 g/mol. The summed E-state index contributed by atoms with van der Waals surface area (Å²) in [5.74, 6) is 1.98. The number of allylic oxidation sites excluding steroid dienone is 1. The average Bonchev–Trinajstić information content (AvgIpc) is 1.69. The van der Waals surface area contributed by atoms with E-state index in [2.05, 4.69) is 6.92 Å². The molecule has 0 aliphatic heterocycles. The summed E-state index contributed by atoms with van der Waals surface area (Å²) in [6.07, 6.45) is 4.92. The largest absolute Gasteiger partial charge is 0.0973 e. The lowest BCUT2D eigenvalue weighted by Crippen LogP contribution is -1.65. The second kappa shape index (κ2) is 5.45. The van der Waals surface area contributed by atoms with E-state index in [1.807, 2.05) is 5.87 Å². The molecule has 1 radical (unpaired) electrons. The van der Waals surface area contributed by atoms with Gasteiger partial charge in [-0.05, 0) is 18.9 Å². The van der Waals surface area contributed by atoms with Gasteiger partial charge in [-0.1, -0.05) is 18.8 Å². The van der Waals surface area contributed by atoms with E-state index in [-0.39, 0.29) is 0 Å².